The van der Waals surface area contributed by atoms with Gasteiger partial charge in [-0.2, -0.15) is 0 Å². The van der Waals surface area contributed by atoms with Gasteiger partial charge in [-0.1, -0.05) is 28.8 Å². The molecule has 0 bridgehead atoms. The average molecular weight is 275 g/mol. The van der Waals surface area contributed by atoms with Gasteiger partial charge in [0, 0.05) is 11.3 Å². The summed E-state index contributed by atoms with van der Waals surface area (Å²) < 4.78 is 0. The first-order valence-corrected chi connectivity index (χ1v) is 6.28. The van der Waals surface area contributed by atoms with Crippen LogP contribution < -0.4 is 11.1 Å². The fourth-order valence-corrected chi connectivity index (χ4v) is 2.17. The molecule has 1 amide bonds. The Morgan fingerprint density at radius 2 is 1.74 bits per heavy atom. The van der Waals surface area contributed by atoms with Crippen molar-refractivity contribution >= 4 is 28.9 Å². The summed E-state index contributed by atoms with van der Waals surface area (Å²) in [6, 6.07) is 10.7. The van der Waals surface area contributed by atoms with Crippen LogP contribution >= 0.6 is 11.6 Å². The van der Waals surface area contributed by atoms with Gasteiger partial charge in [-0.25, -0.2) is 0 Å². The van der Waals surface area contributed by atoms with E-state index in [0.29, 0.717) is 22.0 Å². The second-order valence-electron chi connectivity index (χ2n) is 4.57. The minimum absolute atomic E-state index is 0.182. The molecule has 0 fully saturated rings. The Bertz CT molecular complexity index is 618. The molecular weight excluding hydrogens is 260 g/mol. The molecule has 0 saturated carbocycles. The summed E-state index contributed by atoms with van der Waals surface area (Å²) in [5.41, 5.74) is 9.45. The Balaban J connectivity index is 2.25. The predicted octanol–water partition coefficient (Wildman–Crippen LogP) is 3.79. The monoisotopic (exact) mass is 274 g/mol. The number of anilines is 2. The molecule has 98 valence electrons. The van der Waals surface area contributed by atoms with Gasteiger partial charge in [0.05, 0.1) is 10.7 Å². The second kappa shape index (κ2) is 5.33. The van der Waals surface area contributed by atoms with Gasteiger partial charge in [0.15, 0.2) is 0 Å². The van der Waals surface area contributed by atoms with Crippen LogP contribution in [0.15, 0.2) is 36.4 Å². The molecular formula is C15H15ClN2O. The zero-order valence-electron chi connectivity index (χ0n) is 10.8. The number of benzene rings is 2. The Morgan fingerprint density at radius 3 is 2.32 bits per heavy atom. The molecule has 0 aliphatic carbocycles. The fraction of sp³-hybridized carbons (Fsp3) is 0.133. The number of hydrogen-bond donors (Lipinski definition) is 2. The van der Waals surface area contributed by atoms with Gasteiger partial charge >= 0.3 is 0 Å². The summed E-state index contributed by atoms with van der Waals surface area (Å²) in [5.74, 6) is -0.182. The molecule has 0 radical (unpaired) electrons. The SMILES string of the molecule is Cc1cc(C)cc(C(=O)Nc2ccc(N)cc2Cl)c1. The largest absolute Gasteiger partial charge is 0.399 e. The average Bonchev–Trinajstić information content (AvgIpc) is 2.31. The number of halogens is 1. The first kappa shape index (κ1) is 13.4. The maximum absolute atomic E-state index is 12.2. The highest BCUT2D eigenvalue weighted by molar-refractivity contribution is 6.34. The third kappa shape index (κ3) is 3.26. The van der Waals surface area contributed by atoms with Gasteiger partial charge in [-0.15, -0.1) is 0 Å². The van der Waals surface area contributed by atoms with E-state index in [4.69, 9.17) is 17.3 Å². The van der Waals surface area contributed by atoms with Crippen LogP contribution in [0.4, 0.5) is 11.4 Å². The Hall–Kier alpha value is -2.00. The number of nitrogens with one attached hydrogen (secondary N) is 1. The summed E-state index contributed by atoms with van der Waals surface area (Å²) in [6.07, 6.45) is 0. The number of rotatable bonds is 2. The minimum Gasteiger partial charge on any atom is -0.399 e. The zero-order valence-corrected chi connectivity index (χ0v) is 11.6. The van der Waals surface area contributed by atoms with E-state index in [1.807, 2.05) is 32.0 Å². The van der Waals surface area contributed by atoms with Crippen molar-refractivity contribution in [3.63, 3.8) is 0 Å². The number of carbonyl (C=O) groups is 1. The molecule has 0 aliphatic rings. The highest BCUT2D eigenvalue weighted by atomic mass is 35.5. The zero-order chi connectivity index (χ0) is 14.0. The number of carbonyl (C=O) groups excluding carboxylic acids is 1. The van der Waals surface area contributed by atoms with Gasteiger partial charge in [0.1, 0.15) is 0 Å². The van der Waals surface area contributed by atoms with Crippen molar-refractivity contribution in [1.29, 1.82) is 0 Å². The summed E-state index contributed by atoms with van der Waals surface area (Å²) in [4.78, 5) is 12.2. The summed E-state index contributed by atoms with van der Waals surface area (Å²) >= 11 is 6.03. The Morgan fingerprint density at radius 1 is 1.11 bits per heavy atom. The topological polar surface area (TPSA) is 55.1 Å². The van der Waals surface area contributed by atoms with Gasteiger partial charge < -0.3 is 11.1 Å². The fourth-order valence-electron chi connectivity index (χ4n) is 1.93. The van der Waals surface area contributed by atoms with E-state index in [1.54, 1.807) is 18.2 Å². The van der Waals surface area contributed by atoms with Gasteiger partial charge in [0.25, 0.3) is 5.91 Å². The summed E-state index contributed by atoms with van der Waals surface area (Å²) in [5, 5.41) is 3.21. The third-order valence-corrected chi connectivity index (χ3v) is 3.04. The van der Waals surface area contributed by atoms with Crippen molar-refractivity contribution in [2.45, 2.75) is 13.8 Å². The van der Waals surface area contributed by atoms with E-state index in [0.717, 1.165) is 11.1 Å². The number of hydrogen-bond acceptors (Lipinski definition) is 2. The molecule has 0 heterocycles. The third-order valence-electron chi connectivity index (χ3n) is 2.73. The number of aryl methyl sites for hydroxylation is 2. The van der Waals surface area contributed by atoms with Crippen molar-refractivity contribution in [1.82, 2.24) is 0 Å². The lowest BCUT2D eigenvalue weighted by atomic mass is 10.1. The van der Waals surface area contributed by atoms with Crippen molar-refractivity contribution in [2.24, 2.45) is 0 Å². The number of nitrogen functional groups attached to an aromatic ring is 1. The highest BCUT2D eigenvalue weighted by Crippen LogP contribution is 2.24. The molecule has 0 aromatic heterocycles. The van der Waals surface area contributed by atoms with Crippen LogP contribution in [0.1, 0.15) is 21.5 Å². The maximum atomic E-state index is 12.2. The minimum atomic E-state index is -0.182. The van der Waals surface area contributed by atoms with Crippen LogP contribution in [0.25, 0.3) is 0 Å². The van der Waals surface area contributed by atoms with Crippen LogP contribution in [0.5, 0.6) is 0 Å². The lowest BCUT2D eigenvalue weighted by molar-refractivity contribution is 0.102. The van der Waals surface area contributed by atoms with E-state index >= 15 is 0 Å². The van der Waals surface area contributed by atoms with Crippen molar-refractivity contribution in [3.05, 3.63) is 58.1 Å². The van der Waals surface area contributed by atoms with Crippen molar-refractivity contribution in [2.75, 3.05) is 11.1 Å². The highest BCUT2D eigenvalue weighted by Gasteiger charge is 2.09. The van der Waals surface area contributed by atoms with Crippen molar-refractivity contribution < 1.29 is 4.79 Å². The molecule has 0 aliphatic heterocycles. The lowest BCUT2D eigenvalue weighted by Crippen LogP contribution is -2.12. The molecule has 4 heteroatoms. The molecule has 0 spiro atoms. The van der Waals surface area contributed by atoms with Crippen LogP contribution in [0.2, 0.25) is 5.02 Å². The van der Waals surface area contributed by atoms with Gasteiger partial charge in [-0.05, 0) is 44.2 Å². The molecule has 2 aromatic carbocycles. The first-order chi connectivity index (χ1) is 8.95. The smallest absolute Gasteiger partial charge is 0.255 e. The molecule has 2 aromatic rings. The summed E-state index contributed by atoms with van der Waals surface area (Å²) in [7, 11) is 0. The molecule has 0 unspecified atom stereocenters. The number of amides is 1. The van der Waals surface area contributed by atoms with E-state index < -0.39 is 0 Å². The van der Waals surface area contributed by atoms with Crippen LogP contribution in [0.3, 0.4) is 0 Å². The van der Waals surface area contributed by atoms with E-state index in [1.165, 1.54) is 0 Å². The lowest BCUT2D eigenvalue weighted by Gasteiger charge is -2.09. The molecule has 2 rings (SSSR count). The Labute approximate surface area is 117 Å². The molecule has 19 heavy (non-hydrogen) atoms. The molecule has 3 nitrogen and oxygen atoms in total. The van der Waals surface area contributed by atoms with Crippen LogP contribution in [-0.4, -0.2) is 5.91 Å². The van der Waals surface area contributed by atoms with E-state index in [-0.39, 0.29) is 5.91 Å². The van der Waals surface area contributed by atoms with Gasteiger partial charge in [-0.3, -0.25) is 4.79 Å². The van der Waals surface area contributed by atoms with Crippen LogP contribution in [0, 0.1) is 13.8 Å². The van der Waals surface area contributed by atoms with Gasteiger partial charge in [0.2, 0.25) is 0 Å². The Kier molecular flexibility index (Phi) is 3.76. The summed E-state index contributed by atoms with van der Waals surface area (Å²) in [6.45, 7) is 3.92. The number of nitrogens with two attached hydrogens (primary N) is 1. The van der Waals surface area contributed by atoms with E-state index in [9.17, 15) is 4.79 Å². The van der Waals surface area contributed by atoms with E-state index in [2.05, 4.69) is 5.32 Å². The normalized spacial score (nSPS) is 10.3. The molecule has 3 N–H and O–H groups in total. The standard InChI is InChI=1S/C15H15ClN2O/c1-9-5-10(2)7-11(6-9)15(19)18-14-4-3-12(17)8-13(14)16/h3-8H,17H2,1-2H3,(H,18,19). The molecule has 0 atom stereocenters. The van der Waals surface area contributed by atoms with Crippen molar-refractivity contribution in [3.8, 4) is 0 Å². The van der Waals surface area contributed by atoms with Crippen LogP contribution in [-0.2, 0) is 0 Å². The quantitative estimate of drug-likeness (QED) is 0.819. The second-order valence-corrected chi connectivity index (χ2v) is 4.98. The molecule has 0 saturated heterocycles. The maximum Gasteiger partial charge on any atom is 0.255 e. The first-order valence-electron chi connectivity index (χ1n) is 5.90. The predicted molar refractivity (Wildman–Crippen MR) is 79.7 cm³/mol.